The Balaban J connectivity index is 2.74. The fourth-order valence-electron chi connectivity index (χ4n) is 2.22. The Hall–Kier alpha value is -0.570. The first kappa shape index (κ1) is 13.5. The zero-order chi connectivity index (χ0) is 12.4. The molecule has 1 aliphatic carbocycles. The largest absolute Gasteiger partial charge is 0.457 e. The molecule has 1 aliphatic rings. The van der Waals surface area contributed by atoms with E-state index in [0.717, 1.165) is 25.7 Å². The molecule has 0 aromatic rings. The monoisotopic (exact) mass is 227 g/mol. The summed E-state index contributed by atoms with van der Waals surface area (Å²) in [6.07, 6.45) is 4.88. The minimum absolute atomic E-state index is 0.245. The van der Waals surface area contributed by atoms with E-state index in [1.54, 1.807) is 6.92 Å². The van der Waals surface area contributed by atoms with Gasteiger partial charge in [0.25, 0.3) is 0 Å². The van der Waals surface area contributed by atoms with Crippen LogP contribution in [0.2, 0.25) is 0 Å². The topological polar surface area (TPSA) is 52.3 Å². The van der Waals surface area contributed by atoms with Crippen molar-refractivity contribution in [2.75, 3.05) is 0 Å². The van der Waals surface area contributed by atoms with Gasteiger partial charge in [0.1, 0.15) is 11.1 Å². The first-order valence-corrected chi connectivity index (χ1v) is 6.36. The summed E-state index contributed by atoms with van der Waals surface area (Å²) in [4.78, 5) is 12.0. The molecule has 1 unspecified atom stereocenters. The maximum Gasteiger partial charge on any atom is 0.326 e. The second-order valence-electron chi connectivity index (χ2n) is 5.59. The minimum Gasteiger partial charge on any atom is -0.457 e. The number of rotatable bonds is 4. The molecule has 0 saturated heterocycles. The van der Waals surface area contributed by atoms with Crippen LogP contribution in [0, 0.1) is 5.92 Å². The van der Waals surface area contributed by atoms with Crippen molar-refractivity contribution < 1.29 is 9.53 Å². The highest BCUT2D eigenvalue weighted by Crippen LogP contribution is 2.40. The van der Waals surface area contributed by atoms with Crippen molar-refractivity contribution in [2.45, 2.75) is 70.9 Å². The van der Waals surface area contributed by atoms with Crippen molar-refractivity contribution in [3.8, 4) is 0 Å². The maximum absolute atomic E-state index is 12.0. The van der Waals surface area contributed by atoms with Crippen molar-refractivity contribution in [1.29, 1.82) is 0 Å². The third-order valence-corrected chi connectivity index (χ3v) is 4.00. The highest BCUT2D eigenvalue weighted by Gasteiger charge is 2.43. The maximum atomic E-state index is 12.0. The fraction of sp³-hybridized carbons (Fsp3) is 0.923. The van der Waals surface area contributed by atoms with E-state index in [2.05, 4.69) is 13.8 Å². The Kier molecular flexibility index (Phi) is 4.00. The zero-order valence-electron chi connectivity index (χ0n) is 11.0. The molecule has 0 bridgehead atoms. The highest BCUT2D eigenvalue weighted by molar-refractivity contribution is 5.80. The van der Waals surface area contributed by atoms with E-state index in [4.69, 9.17) is 10.5 Å². The number of hydrogen-bond donors (Lipinski definition) is 1. The van der Waals surface area contributed by atoms with Gasteiger partial charge in [-0.3, -0.25) is 4.79 Å². The van der Waals surface area contributed by atoms with Gasteiger partial charge in [0.2, 0.25) is 0 Å². The molecule has 0 spiro atoms. The lowest BCUT2D eigenvalue weighted by atomic mass is 9.88. The van der Waals surface area contributed by atoms with Crippen LogP contribution in [-0.2, 0) is 9.53 Å². The average Bonchev–Trinajstić information content (AvgIpc) is 2.67. The van der Waals surface area contributed by atoms with Crippen LogP contribution in [0.3, 0.4) is 0 Å². The van der Waals surface area contributed by atoms with E-state index in [1.807, 2.05) is 6.92 Å². The van der Waals surface area contributed by atoms with Crippen LogP contribution in [-0.4, -0.2) is 17.1 Å². The average molecular weight is 227 g/mol. The van der Waals surface area contributed by atoms with Gasteiger partial charge < -0.3 is 10.5 Å². The minimum atomic E-state index is -0.843. The van der Waals surface area contributed by atoms with Crippen LogP contribution in [0.1, 0.15) is 59.8 Å². The van der Waals surface area contributed by atoms with Gasteiger partial charge in [-0.1, -0.05) is 20.8 Å². The van der Waals surface area contributed by atoms with E-state index in [1.165, 1.54) is 0 Å². The summed E-state index contributed by atoms with van der Waals surface area (Å²) in [5.74, 6) is 0.122. The lowest BCUT2D eigenvalue weighted by molar-refractivity contribution is -0.170. The zero-order valence-corrected chi connectivity index (χ0v) is 11.0. The fourth-order valence-corrected chi connectivity index (χ4v) is 2.22. The number of nitrogens with two attached hydrogens (primary N) is 1. The molecule has 0 radical (unpaired) electrons. The molecule has 0 aromatic carbocycles. The molecule has 2 N–H and O–H groups in total. The molecule has 0 aliphatic heterocycles. The van der Waals surface area contributed by atoms with E-state index in [9.17, 15) is 4.79 Å². The molecular formula is C13H25NO2. The van der Waals surface area contributed by atoms with Crippen molar-refractivity contribution in [3.05, 3.63) is 0 Å². The van der Waals surface area contributed by atoms with Gasteiger partial charge in [-0.05, 0) is 44.9 Å². The molecule has 0 heterocycles. The van der Waals surface area contributed by atoms with Gasteiger partial charge in [0.15, 0.2) is 0 Å². The smallest absolute Gasteiger partial charge is 0.326 e. The molecule has 0 amide bonds. The predicted molar refractivity (Wildman–Crippen MR) is 65.0 cm³/mol. The summed E-state index contributed by atoms with van der Waals surface area (Å²) in [6, 6.07) is 0. The van der Waals surface area contributed by atoms with Crippen LogP contribution >= 0.6 is 0 Å². The number of hydrogen-bond acceptors (Lipinski definition) is 3. The standard InChI is InChI=1S/C13H25NO2/c1-5-12(4,14)11(15)16-13(10(2)3)8-6-7-9-13/h10H,5-9,14H2,1-4H3. The van der Waals surface area contributed by atoms with Crippen molar-refractivity contribution in [3.63, 3.8) is 0 Å². The molecule has 94 valence electrons. The summed E-state index contributed by atoms with van der Waals surface area (Å²) in [5, 5.41) is 0. The number of carbonyl (C=O) groups is 1. The summed E-state index contributed by atoms with van der Waals surface area (Å²) in [7, 11) is 0. The van der Waals surface area contributed by atoms with Crippen LogP contribution in [0.5, 0.6) is 0 Å². The second-order valence-corrected chi connectivity index (χ2v) is 5.59. The van der Waals surface area contributed by atoms with E-state index in [0.29, 0.717) is 12.3 Å². The van der Waals surface area contributed by atoms with Gasteiger partial charge in [0.05, 0.1) is 0 Å². The quantitative estimate of drug-likeness (QED) is 0.751. The summed E-state index contributed by atoms with van der Waals surface area (Å²) in [5.41, 5.74) is 4.82. The van der Waals surface area contributed by atoms with Crippen molar-refractivity contribution in [2.24, 2.45) is 11.7 Å². The molecule has 1 saturated carbocycles. The van der Waals surface area contributed by atoms with Gasteiger partial charge >= 0.3 is 5.97 Å². The Morgan fingerprint density at radius 1 is 1.44 bits per heavy atom. The van der Waals surface area contributed by atoms with E-state index >= 15 is 0 Å². The number of ether oxygens (including phenoxy) is 1. The van der Waals surface area contributed by atoms with Crippen LogP contribution < -0.4 is 5.73 Å². The molecular weight excluding hydrogens is 202 g/mol. The molecule has 3 nitrogen and oxygen atoms in total. The Bertz CT molecular complexity index is 253. The van der Waals surface area contributed by atoms with Gasteiger partial charge in [0, 0.05) is 0 Å². The van der Waals surface area contributed by atoms with Crippen LogP contribution in [0.25, 0.3) is 0 Å². The summed E-state index contributed by atoms with van der Waals surface area (Å²) in [6.45, 7) is 7.91. The molecule has 16 heavy (non-hydrogen) atoms. The lowest BCUT2D eigenvalue weighted by Crippen LogP contribution is -2.50. The predicted octanol–water partition coefficient (Wildman–Crippen LogP) is 2.63. The second kappa shape index (κ2) is 4.74. The van der Waals surface area contributed by atoms with Gasteiger partial charge in [-0.15, -0.1) is 0 Å². The van der Waals surface area contributed by atoms with E-state index in [-0.39, 0.29) is 11.6 Å². The molecule has 1 atom stereocenters. The first-order chi connectivity index (χ1) is 7.34. The Morgan fingerprint density at radius 3 is 2.31 bits per heavy atom. The van der Waals surface area contributed by atoms with Gasteiger partial charge in [-0.2, -0.15) is 0 Å². The van der Waals surface area contributed by atoms with Crippen LogP contribution in [0.4, 0.5) is 0 Å². The Labute approximate surface area is 98.7 Å². The highest BCUT2D eigenvalue weighted by atomic mass is 16.6. The SMILES string of the molecule is CCC(C)(N)C(=O)OC1(C(C)C)CCCC1. The summed E-state index contributed by atoms with van der Waals surface area (Å²) < 4.78 is 5.75. The number of carbonyl (C=O) groups excluding carboxylic acids is 1. The molecule has 1 fully saturated rings. The third kappa shape index (κ3) is 2.57. The molecule has 3 heteroatoms. The van der Waals surface area contributed by atoms with Crippen molar-refractivity contribution >= 4 is 5.97 Å². The molecule has 1 rings (SSSR count). The normalized spacial score (nSPS) is 23.1. The van der Waals surface area contributed by atoms with Gasteiger partial charge in [-0.25, -0.2) is 0 Å². The van der Waals surface area contributed by atoms with E-state index < -0.39 is 5.54 Å². The third-order valence-electron chi connectivity index (χ3n) is 4.00. The van der Waals surface area contributed by atoms with Crippen LogP contribution in [0.15, 0.2) is 0 Å². The summed E-state index contributed by atoms with van der Waals surface area (Å²) >= 11 is 0. The molecule has 0 aromatic heterocycles. The van der Waals surface area contributed by atoms with Crippen molar-refractivity contribution in [1.82, 2.24) is 0 Å². The Morgan fingerprint density at radius 2 is 1.94 bits per heavy atom. The number of esters is 1. The first-order valence-electron chi connectivity index (χ1n) is 6.36. The lowest BCUT2D eigenvalue weighted by Gasteiger charge is -2.36.